The van der Waals surface area contributed by atoms with Gasteiger partial charge in [0, 0.05) is 23.6 Å². The summed E-state index contributed by atoms with van der Waals surface area (Å²) in [4.78, 5) is 33.8. The Kier molecular flexibility index (Phi) is 4.91. The molecule has 0 saturated carbocycles. The first-order valence-electron chi connectivity index (χ1n) is 9.28. The molecule has 0 aliphatic rings. The number of hydrogen-bond acceptors (Lipinski definition) is 4. The Morgan fingerprint density at radius 1 is 1.03 bits per heavy atom. The molecule has 4 rings (SSSR count). The number of carbonyl (C=O) groups is 1. The third-order valence-electron chi connectivity index (χ3n) is 4.88. The highest BCUT2D eigenvalue weighted by molar-refractivity contribution is 5.92. The highest BCUT2D eigenvalue weighted by Gasteiger charge is 2.11. The molecule has 1 amide bonds. The lowest BCUT2D eigenvalue weighted by Crippen LogP contribution is -2.28. The summed E-state index contributed by atoms with van der Waals surface area (Å²) >= 11 is 0. The second-order valence-corrected chi connectivity index (χ2v) is 6.97. The van der Waals surface area contributed by atoms with Crippen LogP contribution in [0.5, 0.6) is 0 Å². The molecule has 2 aromatic heterocycles. The number of fused-ring (bicyclic) bond motifs is 1. The number of rotatable bonds is 4. The van der Waals surface area contributed by atoms with Crippen molar-refractivity contribution in [3.05, 3.63) is 88.7 Å². The number of pyridine rings is 1. The molecule has 0 radical (unpaired) electrons. The summed E-state index contributed by atoms with van der Waals surface area (Å²) in [7, 11) is 0. The van der Waals surface area contributed by atoms with E-state index < -0.39 is 0 Å². The van der Waals surface area contributed by atoms with Crippen LogP contribution >= 0.6 is 0 Å². The average Bonchev–Trinajstić information content (AvgIpc) is 2.73. The van der Waals surface area contributed by atoms with Crippen LogP contribution in [0.2, 0.25) is 0 Å². The van der Waals surface area contributed by atoms with Crippen LogP contribution in [0.4, 0.5) is 5.69 Å². The maximum Gasteiger partial charge on any atom is 0.261 e. The third-order valence-corrected chi connectivity index (χ3v) is 4.88. The molecule has 2 heterocycles. The summed E-state index contributed by atoms with van der Waals surface area (Å²) in [5.41, 5.74) is 4.93. The predicted molar refractivity (Wildman–Crippen MR) is 114 cm³/mol. The number of aromatic nitrogens is 3. The van der Waals surface area contributed by atoms with E-state index in [-0.39, 0.29) is 18.0 Å². The topological polar surface area (TPSA) is 76.9 Å². The summed E-state index contributed by atoms with van der Waals surface area (Å²) in [5, 5.41) is 3.42. The summed E-state index contributed by atoms with van der Waals surface area (Å²) in [6.45, 7) is 3.73. The Labute approximate surface area is 167 Å². The van der Waals surface area contributed by atoms with Crippen LogP contribution in [-0.2, 0) is 11.3 Å². The first-order valence-corrected chi connectivity index (χ1v) is 9.28. The molecule has 144 valence electrons. The van der Waals surface area contributed by atoms with Crippen molar-refractivity contribution in [3.63, 3.8) is 0 Å². The van der Waals surface area contributed by atoms with Gasteiger partial charge in [0.1, 0.15) is 6.54 Å². The molecule has 0 spiro atoms. The Balaban J connectivity index is 1.59. The Morgan fingerprint density at radius 3 is 2.69 bits per heavy atom. The van der Waals surface area contributed by atoms with Crippen molar-refractivity contribution >= 4 is 22.5 Å². The standard InChI is InChI=1S/C23H20N4O2/c1-15-8-9-17(18-6-4-10-24-12-18)11-20(15)26-21(28)13-27-14-25-22-16(2)5-3-7-19(22)23(27)29/h3-12,14H,13H2,1-2H3,(H,26,28). The van der Waals surface area contributed by atoms with Crippen LogP contribution in [0.25, 0.3) is 22.0 Å². The zero-order valence-corrected chi connectivity index (χ0v) is 16.2. The lowest BCUT2D eigenvalue weighted by molar-refractivity contribution is -0.116. The molecular weight excluding hydrogens is 364 g/mol. The van der Waals surface area contributed by atoms with Crippen molar-refractivity contribution in [2.75, 3.05) is 5.32 Å². The summed E-state index contributed by atoms with van der Waals surface area (Å²) in [6.07, 6.45) is 4.92. The lowest BCUT2D eigenvalue weighted by atomic mass is 10.0. The molecule has 6 nitrogen and oxygen atoms in total. The van der Waals surface area contributed by atoms with E-state index >= 15 is 0 Å². The summed E-state index contributed by atoms with van der Waals surface area (Å²) in [5.74, 6) is -0.285. The Bertz CT molecular complexity index is 1260. The molecule has 1 N–H and O–H groups in total. The van der Waals surface area contributed by atoms with Crippen LogP contribution < -0.4 is 10.9 Å². The number of nitrogens with zero attached hydrogens (tertiary/aromatic N) is 3. The molecule has 0 atom stereocenters. The van der Waals surface area contributed by atoms with Crippen LogP contribution in [0.1, 0.15) is 11.1 Å². The number of amides is 1. The Hall–Kier alpha value is -3.80. The van der Waals surface area contributed by atoms with E-state index in [9.17, 15) is 9.59 Å². The molecule has 29 heavy (non-hydrogen) atoms. The summed E-state index contributed by atoms with van der Waals surface area (Å²) < 4.78 is 1.33. The van der Waals surface area contributed by atoms with E-state index in [1.165, 1.54) is 10.9 Å². The number of hydrogen-bond donors (Lipinski definition) is 1. The van der Waals surface area contributed by atoms with Crippen LogP contribution in [-0.4, -0.2) is 20.4 Å². The molecule has 2 aromatic carbocycles. The normalized spacial score (nSPS) is 10.8. The van der Waals surface area contributed by atoms with E-state index in [4.69, 9.17) is 0 Å². The van der Waals surface area contributed by atoms with Crippen LogP contribution in [0, 0.1) is 13.8 Å². The van der Waals surface area contributed by atoms with Crippen LogP contribution in [0.15, 0.2) is 72.0 Å². The predicted octanol–water partition coefficient (Wildman–Crippen LogP) is 3.71. The number of aryl methyl sites for hydroxylation is 2. The largest absolute Gasteiger partial charge is 0.324 e. The van der Waals surface area contributed by atoms with Crippen LogP contribution in [0.3, 0.4) is 0 Å². The zero-order chi connectivity index (χ0) is 20.4. The lowest BCUT2D eigenvalue weighted by Gasteiger charge is -2.12. The average molecular weight is 384 g/mol. The van der Waals surface area contributed by atoms with Crippen molar-refractivity contribution < 1.29 is 4.79 Å². The molecule has 0 fully saturated rings. The van der Waals surface area contributed by atoms with Gasteiger partial charge in [-0.05, 0) is 48.7 Å². The first kappa shape index (κ1) is 18.6. The maximum absolute atomic E-state index is 12.7. The highest BCUT2D eigenvalue weighted by atomic mass is 16.2. The summed E-state index contributed by atoms with van der Waals surface area (Å²) in [6, 6.07) is 15.1. The molecule has 0 saturated heterocycles. The SMILES string of the molecule is Cc1ccc(-c2cccnc2)cc1NC(=O)Cn1cnc2c(C)cccc2c1=O. The number of nitrogens with one attached hydrogen (secondary N) is 1. The highest BCUT2D eigenvalue weighted by Crippen LogP contribution is 2.24. The molecular formula is C23H20N4O2. The van der Waals surface area contributed by atoms with Gasteiger partial charge in [-0.25, -0.2) is 4.98 Å². The molecule has 4 aromatic rings. The fraction of sp³-hybridized carbons (Fsp3) is 0.130. The maximum atomic E-state index is 12.7. The van der Waals surface area contributed by atoms with E-state index in [0.717, 1.165) is 22.3 Å². The number of para-hydroxylation sites is 1. The number of anilines is 1. The van der Waals surface area contributed by atoms with Crippen molar-refractivity contribution in [1.82, 2.24) is 14.5 Å². The molecule has 0 aliphatic heterocycles. The van der Waals surface area contributed by atoms with E-state index in [1.54, 1.807) is 18.5 Å². The van der Waals surface area contributed by atoms with Gasteiger partial charge < -0.3 is 5.32 Å². The quantitative estimate of drug-likeness (QED) is 0.582. The van der Waals surface area contributed by atoms with Gasteiger partial charge >= 0.3 is 0 Å². The van der Waals surface area contributed by atoms with E-state index in [1.807, 2.05) is 56.3 Å². The van der Waals surface area contributed by atoms with Crippen molar-refractivity contribution in [2.24, 2.45) is 0 Å². The van der Waals surface area contributed by atoms with Gasteiger partial charge in [0.15, 0.2) is 0 Å². The fourth-order valence-electron chi connectivity index (χ4n) is 3.26. The van der Waals surface area contributed by atoms with Gasteiger partial charge in [0.25, 0.3) is 5.56 Å². The van der Waals surface area contributed by atoms with Crippen molar-refractivity contribution in [3.8, 4) is 11.1 Å². The van der Waals surface area contributed by atoms with Gasteiger partial charge in [0.05, 0.1) is 17.2 Å². The van der Waals surface area contributed by atoms with E-state index in [2.05, 4.69) is 15.3 Å². The van der Waals surface area contributed by atoms with Crippen molar-refractivity contribution in [2.45, 2.75) is 20.4 Å². The zero-order valence-electron chi connectivity index (χ0n) is 16.2. The van der Waals surface area contributed by atoms with Gasteiger partial charge in [-0.1, -0.05) is 30.3 Å². The molecule has 0 unspecified atom stereocenters. The second kappa shape index (κ2) is 7.67. The Morgan fingerprint density at radius 2 is 1.90 bits per heavy atom. The number of benzene rings is 2. The van der Waals surface area contributed by atoms with Gasteiger partial charge in [-0.2, -0.15) is 0 Å². The van der Waals surface area contributed by atoms with Gasteiger partial charge in [0.2, 0.25) is 5.91 Å². The number of carbonyl (C=O) groups excluding carboxylic acids is 1. The minimum Gasteiger partial charge on any atom is -0.324 e. The van der Waals surface area contributed by atoms with Crippen molar-refractivity contribution in [1.29, 1.82) is 0 Å². The monoisotopic (exact) mass is 384 g/mol. The smallest absolute Gasteiger partial charge is 0.261 e. The first-order chi connectivity index (χ1) is 14.0. The molecule has 6 heteroatoms. The molecule has 0 aliphatic carbocycles. The second-order valence-electron chi connectivity index (χ2n) is 6.97. The minimum atomic E-state index is -0.285. The van der Waals surface area contributed by atoms with E-state index in [0.29, 0.717) is 16.6 Å². The molecule has 0 bridgehead atoms. The third kappa shape index (κ3) is 3.78. The fourth-order valence-corrected chi connectivity index (χ4v) is 3.26. The minimum absolute atomic E-state index is 0.105. The van der Waals surface area contributed by atoms with Gasteiger partial charge in [-0.3, -0.25) is 19.1 Å². The van der Waals surface area contributed by atoms with Gasteiger partial charge in [-0.15, -0.1) is 0 Å².